The van der Waals surface area contributed by atoms with Crippen LogP contribution in [0.3, 0.4) is 0 Å². The Morgan fingerprint density at radius 2 is 1.45 bits per heavy atom. The van der Waals surface area contributed by atoms with E-state index in [4.69, 9.17) is 0 Å². The van der Waals surface area contributed by atoms with Crippen LogP contribution in [0.1, 0.15) is 0 Å². The summed E-state index contributed by atoms with van der Waals surface area (Å²) in [7, 11) is 0.850. The molecular formula is C10H5F3O7. The number of alkyl halides is 3. The van der Waals surface area contributed by atoms with Crippen molar-refractivity contribution >= 4 is 23.9 Å². The molecule has 4 unspecified atom stereocenters. The normalized spacial score (nSPS) is 42.8. The fraction of sp³-hybridized carbons (Fsp3) is 0.600. The quantitative estimate of drug-likeness (QED) is 0.467. The van der Waals surface area contributed by atoms with Gasteiger partial charge in [-0.15, -0.1) is 0 Å². The van der Waals surface area contributed by atoms with Gasteiger partial charge in [0.05, 0.1) is 0 Å². The van der Waals surface area contributed by atoms with Crippen LogP contribution in [0, 0.1) is 17.3 Å². The van der Waals surface area contributed by atoms with Gasteiger partial charge in [-0.1, -0.05) is 0 Å². The fourth-order valence-corrected chi connectivity index (χ4v) is 3.33. The Morgan fingerprint density at radius 1 is 1.00 bits per heavy atom. The first kappa shape index (κ1) is 13.0. The molecule has 0 bridgehead atoms. The van der Waals surface area contributed by atoms with Crippen LogP contribution in [-0.4, -0.2) is 42.8 Å². The van der Waals surface area contributed by atoms with Crippen molar-refractivity contribution in [2.75, 3.05) is 7.11 Å². The highest BCUT2D eigenvalue weighted by Gasteiger charge is 2.97. The molecule has 0 spiro atoms. The SMILES string of the molecule is COC12C(=O)OC(=O)C1C1(C(F)(F)F)C(=O)OC(=O)C21. The van der Waals surface area contributed by atoms with Crippen molar-refractivity contribution in [3.05, 3.63) is 0 Å². The Kier molecular flexibility index (Phi) is 2.08. The average Bonchev–Trinajstić information content (AvgIpc) is 2.58. The molecule has 2 saturated heterocycles. The maximum atomic E-state index is 13.3. The minimum Gasteiger partial charge on any atom is -0.392 e. The number of carbonyl (C=O) groups excluding carboxylic acids is 4. The summed E-state index contributed by atoms with van der Waals surface area (Å²) >= 11 is 0. The first-order valence-corrected chi connectivity index (χ1v) is 5.29. The number of cyclic esters (lactones) is 4. The Bertz CT molecular complexity index is 562. The van der Waals surface area contributed by atoms with Crippen LogP contribution in [0.4, 0.5) is 13.2 Å². The maximum Gasteiger partial charge on any atom is 0.406 e. The predicted molar refractivity (Wildman–Crippen MR) is 47.4 cm³/mol. The standard InChI is InChI=1S/C10H5F3O7/c1-18-9-2-4(14)19-6(16)8(2,10(11,12)13)3(9)5(15)20-7(9)17/h2-3H,1H3. The van der Waals surface area contributed by atoms with Crippen LogP contribution in [0.15, 0.2) is 0 Å². The van der Waals surface area contributed by atoms with Crippen LogP contribution in [0.2, 0.25) is 0 Å². The van der Waals surface area contributed by atoms with Crippen molar-refractivity contribution in [3.63, 3.8) is 0 Å². The predicted octanol–water partition coefficient (Wildman–Crippen LogP) is -0.667. The van der Waals surface area contributed by atoms with Gasteiger partial charge in [0.1, 0.15) is 11.8 Å². The average molecular weight is 294 g/mol. The van der Waals surface area contributed by atoms with Crippen molar-refractivity contribution in [2.24, 2.45) is 17.3 Å². The monoisotopic (exact) mass is 294 g/mol. The molecule has 7 nitrogen and oxygen atoms in total. The second-order valence-electron chi connectivity index (χ2n) is 4.65. The number of ether oxygens (including phenoxy) is 3. The van der Waals surface area contributed by atoms with E-state index in [9.17, 15) is 32.3 Å². The lowest BCUT2D eigenvalue weighted by molar-refractivity contribution is -0.317. The molecule has 0 N–H and O–H groups in total. The molecule has 2 aliphatic heterocycles. The maximum absolute atomic E-state index is 13.3. The summed E-state index contributed by atoms with van der Waals surface area (Å²) in [6.45, 7) is 0. The number of halogens is 3. The summed E-state index contributed by atoms with van der Waals surface area (Å²) in [5.74, 6) is -11.0. The zero-order valence-corrected chi connectivity index (χ0v) is 9.65. The first-order chi connectivity index (χ1) is 9.15. The van der Waals surface area contributed by atoms with Crippen LogP contribution in [0.25, 0.3) is 0 Å². The van der Waals surface area contributed by atoms with Gasteiger partial charge in [-0.25, -0.2) is 4.79 Å². The van der Waals surface area contributed by atoms with Crippen LogP contribution < -0.4 is 0 Å². The Hall–Kier alpha value is -1.97. The molecule has 10 heteroatoms. The number of rotatable bonds is 1. The zero-order valence-electron chi connectivity index (χ0n) is 9.65. The number of fused-ring (bicyclic) bond motifs is 4. The van der Waals surface area contributed by atoms with E-state index in [1.165, 1.54) is 0 Å². The fourth-order valence-electron chi connectivity index (χ4n) is 3.33. The smallest absolute Gasteiger partial charge is 0.392 e. The number of methoxy groups -OCH3 is 1. The highest BCUT2D eigenvalue weighted by molar-refractivity contribution is 6.16. The summed E-state index contributed by atoms with van der Waals surface area (Å²) < 4.78 is 52.7. The van der Waals surface area contributed by atoms with E-state index in [-0.39, 0.29) is 0 Å². The van der Waals surface area contributed by atoms with E-state index < -0.39 is 52.9 Å². The first-order valence-electron chi connectivity index (χ1n) is 5.29. The second kappa shape index (κ2) is 3.19. The molecule has 20 heavy (non-hydrogen) atoms. The van der Waals surface area contributed by atoms with E-state index in [0.29, 0.717) is 0 Å². The zero-order chi connectivity index (χ0) is 15.1. The minimum atomic E-state index is -5.27. The number of hydrogen-bond donors (Lipinski definition) is 0. The summed E-state index contributed by atoms with van der Waals surface area (Å²) in [5.41, 5.74) is -5.86. The Morgan fingerprint density at radius 3 is 1.85 bits per heavy atom. The van der Waals surface area contributed by atoms with E-state index in [0.717, 1.165) is 7.11 Å². The lowest BCUT2D eigenvalue weighted by Gasteiger charge is -2.53. The topological polar surface area (TPSA) is 96.0 Å². The van der Waals surface area contributed by atoms with Gasteiger partial charge in [0.15, 0.2) is 11.0 Å². The third-order valence-electron chi connectivity index (χ3n) is 4.09. The van der Waals surface area contributed by atoms with Gasteiger partial charge in [-0.2, -0.15) is 13.2 Å². The van der Waals surface area contributed by atoms with Crippen molar-refractivity contribution in [1.82, 2.24) is 0 Å². The van der Waals surface area contributed by atoms with E-state index in [1.54, 1.807) is 0 Å². The van der Waals surface area contributed by atoms with Gasteiger partial charge in [-0.05, 0) is 0 Å². The molecule has 0 amide bonds. The van der Waals surface area contributed by atoms with E-state index in [1.807, 2.05) is 0 Å². The second-order valence-corrected chi connectivity index (χ2v) is 4.65. The lowest BCUT2D eigenvalue weighted by Crippen LogP contribution is -2.77. The van der Waals surface area contributed by atoms with Crippen LogP contribution >= 0.6 is 0 Å². The van der Waals surface area contributed by atoms with Crippen LogP contribution in [0.5, 0.6) is 0 Å². The lowest BCUT2D eigenvalue weighted by atomic mass is 9.45. The molecule has 4 atom stereocenters. The Balaban J connectivity index is 2.28. The molecule has 0 aromatic heterocycles. The minimum absolute atomic E-state index is 0.850. The highest BCUT2D eigenvalue weighted by atomic mass is 19.4. The van der Waals surface area contributed by atoms with Crippen molar-refractivity contribution in [1.29, 1.82) is 0 Å². The largest absolute Gasteiger partial charge is 0.406 e. The summed E-state index contributed by atoms with van der Waals surface area (Å²) in [5, 5.41) is 0. The van der Waals surface area contributed by atoms with Gasteiger partial charge in [-0.3, -0.25) is 14.4 Å². The third kappa shape index (κ3) is 0.941. The molecule has 0 aromatic carbocycles. The molecule has 108 valence electrons. The van der Waals surface area contributed by atoms with Crippen LogP contribution in [-0.2, 0) is 33.4 Å². The highest BCUT2D eigenvalue weighted by Crippen LogP contribution is 2.72. The molecule has 1 aliphatic carbocycles. The molecule has 2 heterocycles. The molecule has 0 radical (unpaired) electrons. The number of carbonyl (C=O) groups is 4. The molecule has 3 fully saturated rings. The van der Waals surface area contributed by atoms with E-state index >= 15 is 0 Å². The number of hydrogen-bond acceptors (Lipinski definition) is 7. The summed E-state index contributed by atoms with van der Waals surface area (Å²) in [4.78, 5) is 46.2. The Labute approximate surface area is 107 Å². The molecule has 1 saturated carbocycles. The third-order valence-corrected chi connectivity index (χ3v) is 4.09. The van der Waals surface area contributed by atoms with Crippen molar-refractivity contribution < 1.29 is 46.6 Å². The van der Waals surface area contributed by atoms with Gasteiger partial charge in [0.2, 0.25) is 0 Å². The molecular weight excluding hydrogens is 289 g/mol. The van der Waals surface area contributed by atoms with Gasteiger partial charge in [0, 0.05) is 7.11 Å². The number of esters is 4. The molecule has 3 aliphatic rings. The van der Waals surface area contributed by atoms with Gasteiger partial charge < -0.3 is 14.2 Å². The molecule has 0 aromatic rings. The summed E-state index contributed by atoms with van der Waals surface area (Å²) in [6, 6.07) is 0. The van der Waals surface area contributed by atoms with Crippen molar-refractivity contribution in [2.45, 2.75) is 11.8 Å². The van der Waals surface area contributed by atoms with E-state index in [2.05, 4.69) is 14.2 Å². The molecule has 3 rings (SSSR count). The van der Waals surface area contributed by atoms with Crippen molar-refractivity contribution in [3.8, 4) is 0 Å². The van der Waals surface area contributed by atoms with Gasteiger partial charge in [0.25, 0.3) is 0 Å². The summed E-state index contributed by atoms with van der Waals surface area (Å²) in [6.07, 6.45) is -5.27. The van der Waals surface area contributed by atoms with Gasteiger partial charge >= 0.3 is 30.1 Å².